The molecule has 1 atom stereocenters. The van der Waals surface area contributed by atoms with Crippen molar-refractivity contribution in [2.75, 3.05) is 11.9 Å². The maximum Gasteiger partial charge on any atom is 0.243 e. The van der Waals surface area contributed by atoms with Crippen molar-refractivity contribution in [2.24, 2.45) is 4.99 Å². The first-order chi connectivity index (χ1) is 16.4. The van der Waals surface area contributed by atoms with Crippen molar-refractivity contribution >= 4 is 40.1 Å². The van der Waals surface area contributed by atoms with Crippen molar-refractivity contribution in [3.8, 4) is 5.75 Å². The van der Waals surface area contributed by atoms with E-state index in [0.717, 1.165) is 22.6 Å². The number of amidine groups is 1. The molecule has 0 aliphatic carbocycles. The quantitative estimate of drug-likeness (QED) is 0.466. The van der Waals surface area contributed by atoms with E-state index < -0.39 is 5.25 Å². The van der Waals surface area contributed by atoms with Crippen LogP contribution >= 0.6 is 11.8 Å². The number of furan rings is 1. The second kappa shape index (κ2) is 10.6. The van der Waals surface area contributed by atoms with E-state index in [4.69, 9.17) is 14.1 Å². The molecule has 1 N–H and O–H groups in total. The summed E-state index contributed by atoms with van der Waals surface area (Å²) in [6.45, 7) is 6.66. The molecule has 34 heavy (non-hydrogen) atoms. The zero-order valence-electron chi connectivity index (χ0n) is 19.4. The Morgan fingerprint density at radius 2 is 1.85 bits per heavy atom. The Bertz CT molecular complexity index is 1170. The minimum absolute atomic E-state index is 0.0498. The Labute approximate surface area is 203 Å². The van der Waals surface area contributed by atoms with Gasteiger partial charge in [0.15, 0.2) is 5.17 Å². The summed E-state index contributed by atoms with van der Waals surface area (Å²) in [5.41, 5.74) is 3.45. The number of anilines is 1. The van der Waals surface area contributed by atoms with E-state index in [0.29, 0.717) is 23.2 Å². The SMILES string of the molecule is CCOc1ccc(N=C2S[C@H](CC(=O)Nc3c(C)cccc3C)C(=O)N2Cc2ccco2)cc1. The molecule has 3 aromatic rings. The number of para-hydroxylation sites is 1. The van der Waals surface area contributed by atoms with Crippen LogP contribution in [0.3, 0.4) is 0 Å². The van der Waals surface area contributed by atoms with Crippen molar-refractivity contribution in [1.82, 2.24) is 4.90 Å². The lowest BCUT2D eigenvalue weighted by molar-refractivity contribution is -0.128. The predicted molar refractivity (Wildman–Crippen MR) is 135 cm³/mol. The van der Waals surface area contributed by atoms with Gasteiger partial charge in [0.2, 0.25) is 11.8 Å². The second-order valence-corrected chi connectivity index (χ2v) is 9.12. The maximum atomic E-state index is 13.3. The van der Waals surface area contributed by atoms with Gasteiger partial charge in [0.05, 0.1) is 25.1 Å². The van der Waals surface area contributed by atoms with Crippen LogP contribution in [0.25, 0.3) is 0 Å². The second-order valence-electron chi connectivity index (χ2n) is 7.95. The predicted octanol–water partition coefficient (Wildman–Crippen LogP) is 5.46. The molecule has 2 amide bonds. The fraction of sp³-hybridized carbons (Fsp3) is 0.269. The maximum absolute atomic E-state index is 13.3. The van der Waals surface area contributed by atoms with Gasteiger partial charge in [0, 0.05) is 12.1 Å². The molecule has 0 bridgehead atoms. The zero-order chi connectivity index (χ0) is 24.1. The van der Waals surface area contributed by atoms with Crippen molar-refractivity contribution in [3.63, 3.8) is 0 Å². The Morgan fingerprint density at radius 1 is 1.12 bits per heavy atom. The van der Waals surface area contributed by atoms with Gasteiger partial charge in [-0.25, -0.2) is 4.99 Å². The third-order valence-electron chi connectivity index (χ3n) is 5.40. The topological polar surface area (TPSA) is 84.1 Å². The van der Waals surface area contributed by atoms with Crippen LogP contribution in [0.1, 0.15) is 30.2 Å². The van der Waals surface area contributed by atoms with Crippen molar-refractivity contribution in [2.45, 2.75) is 39.0 Å². The average molecular weight is 478 g/mol. The monoisotopic (exact) mass is 477 g/mol. The summed E-state index contributed by atoms with van der Waals surface area (Å²) in [6.07, 6.45) is 1.62. The van der Waals surface area contributed by atoms with Crippen LogP contribution in [-0.4, -0.2) is 33.7 Å². The number of aryl methyl sites for hydroxylation is 2. The van der Waals surface area contributed by atoms with Crippen LogP contribution in [0.4, 0.5) is 11.4 Å². The van der Waals surface area contributed by atoms with Crippen LogP contribution in [0, 0.1) is 13.8 Å². The van der Waals surface area contributed by atoms with Gasteiger partial charge >= 0.3 is 0 Å². The van der Waals surface area contributed by atoms with Crippen LogP contribution in [0.2, 0.25) is 0 Å². The number of ether oxygens (including phenoxy) is 1. The number of hydrogen-bond donors (Lipinski definition) is 1. The standard InChI is InChI=1S/C26H27N3O4S/c1-4-32-20-12-10-19(11-13-20)27-26-29(16-21-9-6-14-33-21)25(31)22(34-26)15-23(30)28-24-17(2)7-5-8-18(24)3/h5-14,22H,4,15-16H2,1-3H3,(H,28,30)/t22-/m1/s1. The molecule has 0 unspecified atom stereocenters. The molecule has 0 spiro atoms. The van der Waals surface area contributed by atoms with E-state index in [1.165, 1.54) is 11.8 Å². The van der Waals surface area contributed by atoms with Gasteiger partial charge in [0.1, 0.15) is 16.8 Å². The Balaban J connectivity index is 1.53. The minimum atomic E-state index is -0.569. The summed E-state index contributed by atoms with van der Waals surface area (Å²) in [7, 11) is 0. The summed E-state index contributed by atoms with van der Waals surface area (Å²) in [5.74, 6) is 1.04. The van der Waals surface area contributed by atoms with Gasteiger partial charge in [-0.15, -0.1) is 0 Å². The van der Waals surface area contributed by atoms with Crippen LogP contribution in [0.5, 0.6) is 5.75 Å². The van der Waals surface area contributed by atoms with Gasteiger partial charge in [0.25, 0.3) is 0 Å². The molecule has 1 aliphatic heterocycles. The van der Waals surface area contributed by atoms with Gasteiger partial charge in [-0.2, -0.15) is 0 Å². The number of amides is 2. The molecule has 1 aliphatic rings. The van der Waals surface area contributed by atoms with Gasteiger partial charge < -0.3 is 14.5 Å². The molecule has 2 heterocycles. The summed E-state index contributed by atoms with van der Waals surface area (Å²) >= 11 is 1.30. The number of thioether (sulfide) groups is 1. The number of rotatable bonds is 8. The van der Waals surface area contributed by atoms with E-state index in [1.807, 2.05) is 69.3 Å². The van der Waals surface area contributed by atoms with E-state index in [-0.39, 0.29) is 24.8 Å². The third kappa shape index (κ3) is 5.51. The summed E-state index contributed by atoms with van der Waals surface area (Å²) < 4.78 is 10.9. The van der Waals surface area contributed by atoms with Gasteiger partial charge in [-0.3, -0.25) is 14.5 Å². The number of hydrogen-bond acceptors (Lipinski definition) is 6. The number of nitrogens with one attached hydrogen (secondary N) is 1. The summed E-state index contributed by atoms with van der Waals surface area (Å²) in [4.78, 5) is 32.4. The molecule has 176 valence electrons. The lowest BCUT2D eigenvalue weighted by Crippen LogP contribution is -2.33. The van der Waals surface area contributed by atoms with E-state index in [9.17, 15) is 9.59 Å². The van der Waals surface area contributed by atoms with E-state index in [1.54, 1.807) is 17.2 Å². The average Bonchev–Trinajstić information content (AvgIpc) is 3.42. The minimum Gasteiger partial charge on any atom is -0.494 e. The van der Waals surface area contributed by atoms with Crippen molar-refractivity contribution in [1.29, 1.82) is 0 Å². The molecular weight excluding hydrogens is 450 g/mol. The Hall–Kier alpha value is -3.52. The normalized spacial score (nSPS) is 16.8. The fourth-order valence-electron chi connectivity index (χ4n) is 3.69. The molecule has 2 aromatic carbocycles. The first-order valence-electron chi connectivity index (χ1n) is 11.1. The highest BCUT2D eigenvalue weighted by molar-refractivity contribution is 8.15. The number of aliphatic imine (C=N–C) groups is 1. The zero-order valence-corrected chi connectivity index (χ0v) is 20.2. The Morgan fingerprint density at radius 3 is 2.50 bits per heavy atom. The molecule has 8 heteroatoms. The molecule has 0 saturated carbocycles. The highest BCUT2D eigenvalue weighted by Crippen LogP contribution is 2.33. The molecule has 1 saturated heterocycles. The van der Waals surface area contributed by atoms with Crippen LogP contribution < -0.4 is 10.1 Å². The summed E-state index contributed by atoms with van der Waals surface area (Å²) in [6, 6.07) is 16.8. The number of nitrogens with zero attached hydrogens (tertiary/aromatic N) is 2. The lowest BCUT2D eigenvalue weighted by Gasteiger charge is -2.15. The largest absolute Gasteiger partial charge is 0.494 e. The number of carbonyl (C=O) groups excluding carboxylic acids is 2. The molecule has 1 fully saturated rings. The van der Waals surface area contributed by atoms with Crippen molar-refractivity contribution < 1.29 is 18.7 Å². The first kappa shape index (κ1) is 23.6. The first-order valence-corrected chi connectivity index (χ1v) is 12.0. The van der Waals surface area contributed by atoms with Gasteiger partial charge in [-0.05, 0) is 68.3 Å². The lowest BCUT2D eigenvalue weighted by atomic mass is 10.1. The summed E-state index contributed by atoms with van der Waals surface area (Å²) in [5, 5.41) is 2.94. The number of carbonyl (C=O) groups is 2. The fourth-order valence-corrected chi connectivity index (χ4v) is 4.85. The van der Waals surface area contributed by atoms with E-state index in [2.05, 4.69) is 5.32 Å². The molecular formula is C26H27N3O4S. The smallest absolute Gasteiger partial charge is 0.243 e. The number of benzene rings is 2. The van der Waals surface area contributed by atoms with Crippen molar-refractivity contribution in [3.05, 3.63) is 77.7 Å². The highest BCUT2D eigenvalue weighted by atomic mass is 32.2. The third-order valence-corrected chi connectivity index (χ3v) is 6.58. The van der Waals surface area contributed by atoms with Gasteiger partial charge in [-0.1, -0.05) is 30.0 Å². The van der Waals surface area contributed by atoms with Crippen LogP contribution in [-0.2, 0) is 16.1 Å². The molecule has 7 nitrogen and oxygen atoms in total. The van der Waals surface area contributed by atoms with E-state index >= 15 is 0 Å². The highest BCUT2D eigenvalue weighted by Gasteiger charge is 2.39. The molecule has 1 aromatic heterocycles. The molecule has 4 rings (SSSR count). The molecule has 0 radical (unpaired) electrons. The Kier molecular flexibility index (Phi) is 7.37. The van der Waals surface area contributed by atoms with Crippen LogP contribution in [0.15, 0.2) is 70.3 Å².